The third kappa shape index (κ3) is 5.62. The highest BCUT2D eigenvalue weighted by atomic mass is 19.4. The molecule has 2 aromatic heterocycles. The van der Waals surface area contributed by atoms with Crippen LogP contribution in [0.25, 0.3) is 22.0 Å². The van der Waals surface area contributed by atoms with Gasteiger partial charge in [-0.3, -0.25) is 9.59 Å². The number of nitrogens with one attached hydrogen (secondary N) is 2. The Morgan fingerprint density at radius 3 is 2.37 bits per heavy atom. The number of halogens is 3. The molecule has 5 rings (SSSR count). The van der Waals surface area contributed by atoms with Crippen LogP contribution < -0.4 is 21.1 Å². The van der Waals surface area contributed by atoms with Gasteiger partial charge in [-0.25, -0.2) is 4.98 Å². The lowest BCUT2D eigenvalue weighted by Crippen LogP contribution is -2.45. The number of hydrogen-bond acceptors (Lipinski definition) is 6. The van der Waals surface area contributed by atoms with Crippen LogP contribution in [0.5, 0.6) is 0 Å². The summed E-state index contributed by atoms with van der Waals surface area (Å²) in [5, 5.41) is 6.43. The molecule has 2 N–H and O–H groups in total. The van der Waals surface area contributed by atoms with Gasteiger partial charge in [-0.05, 0) is 61.5 Å². The van der Waals surface area contributed by atoms with E-state index in [0.29, 0.717) is 54.3 Å². The predicted octanol–water partition coefficient (Wildman–Crippen LogP) is 4.97. The molecule has 0 aliphatic carbocycles. The molecule has 11 heteroatoms. The Hall–Kier alpha value is -4.38. The molecule has 0 unspecified atom stereocenters. The van der Waals surface area contributed by atoms with Crippen molar-refractivity contribution in [1.29, 1.82) is 0 Å². The average molecular weight is 565 g/mol. The van der Waals surface area contributed by atoms with Crippen LogP contribution in [-0.4, -0.2) is 60.6 Å². The molecule has 1 aliphatic rings. The van der Waals surface area contributed by atoms with Gasteiger partial charge in [-0.1, -0.05) is 6.07 Å². The zero-order valence-electron chi connectivity index (χ0n) is 23.3. The summed E-state index contributed by atoms with van der Waals surface area (Å²) in [5.41, 5.74) is 1.79. The van der Waals surface area contributed by atoms with Crippen LogP contribution in [0.15, 0.2) is 59.5 Å². The van der Waals surface area contributed by atoms with Gasteiger partial charge in [0, 0.05) is 80.4 Å². The maximum absolute atomic E-state index is 14.1. The number of fused-ring (bicyclic) bond motifs is 1. The molecule has 8 nitrogen and oxygen atoms in total. The van der Waals surface area contributed by atoms with Gasteiger partial charge >= 0.3 is 6.18 Å². The number of alkyl halides is 3. The standard InChI is InChI=1S/C30H31F3N6O2/c1-18-5-7-21(15-22(18)23-13-20-17-35-27(34-2)16-26(20)38(4)29(23)41)36-28(40)19-6-8-25(24(14-19)30(31,32)33)39-11-9-37(3)10-12-39/h5-8,13-17H,9-12H2,1-4H3,(H,34,35)(H,36,40). The van der Waals surface area contributed by atoms with Crippen molar-refractivity contribution in [2.75, 3.05) is 55.8 Å². The number of hydrogen-bond donors (Lipinski definition) is 2. The van der Waals surface area contributed by atoms with Crippen molar-refractivity contribution in [3.63, 3.8) is 0 Å². The number of aryl methyl sites for hydroxylation is 2. The van der Waals surface area contributed by atoms with E-state index in [1.807, 2.05) is 14.0 Å². The van der Waals surface area contributed by atoms with E-state index >= 15 is 0 Å². The van der Waals surface area contributed by atoms with E-state index in [4.69, 9.17) is 0 Å². The maximum Gasteiger partial charge on any atom is 0.418 e. The van der Waals surface area contributed by atoms with Crippen LogP contribution in [0.4, 0.5) is 30.4 Å². The molecule has 0 bridgehead atoms. The van der Waals surface area contributed by atoms with Gasteiger partial charge < -0.3 is 25.0 Å². The van der Waals surface area contributed by atoms with Crippen LogP contribution in [-0.2, 0) is 13.2 Å². The van der Waals surface area contributed by atoms with E-state index in [0.717, 1.165) is 17.0 Å². The third-order valence-corrected chi connectivity index (χ3v) is 7.56. The lowest BCUT2D eigenvalue weighted by atomic mass is 9.99. The average Bonchev–Trinajstić information content (AvgIpc) is 2.95. The summed E-state index contributed by atoms with van der Waals surface area (Å²) >= 11 is 0. The summed E-state index contributed by atoms with van der Waals surface area (Å²) in [5.74, 6) is -0.0446. The van der Waals surface area contributed by atoms with Crippen LogP contribution in [0, 0.1) is 6.92 Å². The molecule has 0 spiro atoms. The first-order chi connectivity index (χ1) is 19.5. The fraction of sp³-hybridized carbons (Fsp3) is 0.300. The Balaban J connectivity index is 1.46. The Morgan fingerprint density at radius 1 is 0.951 bits per heavy atom. The SMILES string of the molecule is CNc1cc2c(cn1)cc(-c1cc(NC(=O)c3ccc(N4CCN(C)CC4)c(C(F)(F)F)c3)ccc1C)c(=O)n2C. The second-order valence-electron chi connectivity index (χ2n) is 10.3. The van der Waals surface area contributed by atoms with E-state index in [-0.39, 0.29) is 16.8 Å². The van der Waals surface area contributed by atoms with Gasteiger partial charge in [0.25, 0.3) is 11.5 Å². The lowest BCUT2D eigenvalue weighted by molar-refractivity contribution is -0.137. The summed E-state index contributed by atoms with van der Waals surface area (Å²) in [6.07, 6.45) is -2.94. The fourth-order valence-corrected chi connectivity index (χ4v) is 5.11. The zero-order valence-corrected chi connectivity index (χ0v) is 23.3. The quantitative estimate of drug-likeness (QED) is 0.356. The van der Waals surface area contributed by atoms with Gasteiger partial charge in [0.1, 0.15) is 5.82 Å². The van der Waals surface area contributed by atoms with Crippen LogP contribution in [0.2, 0.25) is 0 Å². The monoisotopic (exact) mass is 564 g/mol. The van der Waals surface area contributed by atoms with E-state index in [9.17, 15) is 22.8 Å². The predicted molar refractivity (Wildman–Crippen MR) is 156 cm³/mol. The van der Waals surface area contributed by atoms with Gasteiger partial charge in [0.2, 0.25) is 0 Å². The second-order valence-corrected chi connectivity index (χ2v) is 10.3. The van der Waals surface area contributed by atoms with E-state index in [1.54, 1.807) is 60.1 Å². The molecule has 0 saturated carbocycles. The number of carbonyl (C=O) groups excluding carboxylic acids is 1. The molecule has 1 amide bonds. The summed E-state index contributed by atoms with van der Waals surface area (Å²) in [4.78, 5) is 34.6. The van der Waals surface area contributed by atoms with E-state index in [2.05, 4.69) is 20.5 Å². The van der Waals surface area contributed by atoms with Gasteiger partial charge in [-0.2, -0.15) is 13.2 Å². The highest BCUT2D eigenvalue weighted by Gasteiger charge is 2.36. The summed E-state index contributed by atoms with van der Waals surface area (Å²) < 4.78 is 43.7. The number of amides is 1. The maximum atomic E-state index is 14.1. The number of aromatic nitrogens is 2. The minimum absolute atomic E-state index is 0.0725. The van der Waals surface area contributed by atoms with Crippen molar-refractivity contribution in [2.24, 2.45) is 7.05 Å². The number of benzene rings is 2. The van der Waals surface area contributed by atoms with Gasteiger partial charge in [-0.15, -0.1) is 0 Å². The van der Waals surface area contributed by atoms with Crippen molar-refractivity contribution in [1.82, 2.24) is 14.5 Å². The first-order valence-electron chi connectivity index (χ1n) is 13.2. The highest BCUT2D eigenvalue weighted by molar-refractivity contribution is 6.05. The van der Waals surface area contributed by atoms with E-state index < -0.39 is 17.6 Å². The minimum atomic E-state index is -4.62. The van der Waals surface area contributed by atoms with Crippen LogP contribution in [0.3, 0.4) is 0 Å². The molecule has 3 heterocycles. The van der Waals surface area contributed by atoms with Crippen LogP contribution in [0.1, 0.15) is 21.5 Å². The Bertz CT molecular complexity index is 1690. The summed E-state index contributed by atoms with van der Waals surface area (Å²) in [6, 6.07) is 12.3. The van der Waals surface area contributed by atoms with Crippen molar-refractivity contribution < 1.29 is 18.0 Å². The number of nitrogens with zero attached hydrogens (tertiary/aromatic N) is 4. The van der Waals surface area contributed by atoms with Crippen molar-refractivity contribution in [3.05, 3.63) is 81.8 Å². The minimum Gasteiger partial charge on any atom is -0.373 e. The first kappa shape index (κ1) is 28.2. The topological polar surface area (TPSA) is 82.5 Å². The third-order valence-electron chi connectivity index (χ3n) is 7.56. The smallest absolute Gasteiger partial charge is 0.373 e. The molecule has 1 saturated heterocycles. The number of likely N-dealkylation sites (N-methyl/N-ethyl adjacent to an activating group) is 1. The Morgan fingerprint density at radius 2 is 1.68 bits per heavy atom. The number of piperazine rings is 1. The molecular weight excluding hydrogens is 533 g/mol. The van der Waals surface area contributed by atoms with Crippen molar-refractivity contribution in [2.45, 2.75) is 13.1 Å². The molecule has 0 atom stereocenters. The molecule has 4 aromatic rings. The first-order valence-corrected chi connectivity index (χ1v) is 13.2. The molecule has 41 heavy (non-hydrogen) atoms. The van der Waals surface area contributed by atoms with Gasteiger partial charge in [0.05, 0.1) is 11.1 Å². The molecular formula is C30H31F3N6O2. The van der Waals surface area contributed by atoms with Crippen molar-refractivity contribution >= 4 is 34.0 Å². The number of rotatable bonds is 5. The molecule has 1 aliphatic heterocycles. The highest BCUT2D eigenvalue weighted by Crippen LogP contribution is 2.38. The Labute approximate surface area is 235 Å². The molecule has 214 valence electrons. The van der Waals surface area contributed by atoms with Crippen LogP contribution >= 0.6 is 0 Å². The second kappa shape index (κ2) is 10.9. The van der Waals surface area contributed by atoms with E-state index in [1.165, 1.54) is 12.1 Å². The Kier molecular flexibility index (Phi) is 7.48. The number of carbonyl (C=O) groups is 1. The lowest BCUT2D eigenvalue weighted by Gasteiger charge is -2.35. The van der Waals surface area contributed by atoms with Crippen molar-refractivity contribution in [3.8, 4) is 11.1 Å². The summed E-state index contributed by atoms with van der Waals surface area (Å²) in [7, 11) is 5.36. The summed E-state index contributed by atoms with van der Waals surface area (Å²) in [6.45, 7) is 4.10. The normalized spacial score (nSPS) is 14.4. The largest absolute Gasteiger partial charge is 0.418 e. The fourth-order valence-electron chi connectivity index (χ4n) is 5.11. The zero-order chi connectivity index (χ0) is 29.5. The molecule has 0 radical (unpaired) electrons. The van der Waals surface area contributed by atoms with Gasteiger partial charge in [0.15, 0.2) is 0 Å². The number of anilines is 3. The number of pyridine rings is 2. The molecule has 2 aromatic carbocycles. The molecule has 1 fully saturated rings.